The van der Waals surface area contributed by atoms with Crippen molar-refractivity contribution >= 4 is 38.9 Å². The molecule has 1 aliphatic heterocycles. The van der Waals surface area contributed by atoms with E-state index < -0.39 is 15.8 Å². The lowest BCUT2D eigenvalue weighted by Crippen LogP contribution is -2.24. The first kappa shape index (κ1) is 15.5. The summed E-state index contributed by atoms with van der Waals surface area (Å²) in [5, 5.41) is 6.72. The van der Waals surface area contributed by atoms with Crippen LogP contribution in [0.2, 0.25) is 5.02 Å². The Bertz CT molecular complexity index is 921. The third-order valence-electron chi connectivity index (χ3n) is 3.32. The third-order valence-corrected chi connectivity index (χ3v) is 4.86. The molecule has 8 heteroatoms. The SMILES string of the molecule is Cc1ccc(S(=O)(=O)NN=C2Nc3cccc(Cl)c3C2=O)cc1. The van der Waals surface area contributed by atoms with Gasteiger partial charge >= 0.3 is 0 Å². The van der Waals surface area contributed by atoms with Crippen molar-refractivity contribution < 1.29 is 13.2 Å². The van der Waals surface area contributed by atoms with E-state index in [0.29, 0.717) is 5.69 Å². The van der Waals surface area contributed by atoms with E-state index in [9.17, 15) is 13.2 Å². The highest BCUT2D eigenvalue weighted by molar-refractivity contribution is 7.89. The van der Waals surface area contributed by atoms with Gasteiger partial charge in [0.25, 0.3) is 10.0 Å². The number of anilines is 1. The zero-order chi connectivity index (χ0) is 16.6. The predicted octanol–water partition coefficient (Wildman–Crippen LogP) is 2.55. The first-order valence-corrected chi connectivity index (χ1v) is 8.51. The molecule has 0 atom stereocenters. The molecule has 0 radical (unpaired) electrons. The summed E-state index contributed by atoms with van der Waals surface area (Å²) in [5.74, 6) is -0.582. The highest BCUT2D eigenvalue weighted by Gasteiger charge is 2.29. The number of hydrogen-bond donors (Lipinski definition) is 2. The van der Waals surface area contributed by atoms with Crippen molar-refractivity contribution in [3.63, 3.8) is 0 Å². The zero-order valence-electron chi connectivity index (χ0n) is 12.0. The molecule has 0 bridgehead atoms. The number of rotatable bonds is 3. The van der Waals surface area contributed by atoms with E-state index in [4.69, 9.17) is 11.6 Å². The second-order valence-electron chi connectivity index (χ2n) is 4.98. The largest absolute Gasteiger partial charge is 0.335 e. The van der Waals surface area contributed by atoms with Gasteiger partial charge < -0.3 is 5.32 Å². The molecular formula is C15H12ClN3O3S. The van der Waals surface area contributed by atoms with E-state index in [2.05, 4.69) is 15.2 Å². The predicted molar refractivity (Wildman–Crippen MR) is 88.3 cm³/mol. The van der Waals surface area contributed by atoms with Crippen molar-refractivity contribution in [1.82, 2.24) is 4.83 Å². The maximum atomic E-state index is 12.2. The lowest BCUT2D eigenvalue weighted by molar-refractivity contribution is 0.106. The van der Waals surface area contributed by atoms with Crippen molar-refractivity contribution in [2.75, 3.05) is 5.32 Å². The first-order chi connectivity index (χ1) is 10.9. The number of sulfonamides is 1. The fourth-order valence-electron chi connectivity index (χ4n) is 2.12. The summed E-state index contributed by atoms with van der Waals surface area (Å²) < 4.78 is 24.3. The molecule has 0 fully saturated rings. The fraction of sp³-hybridized carbons (Fsp3) is 0.0667. The van der Waals surface area contributed by atoms with Crippen LogP contribution in [0.25, 0.3) is 0 Å². The van der Waals surface area contributed by atoms with Crippen LogP contribution in [0, 0.1) is 6.92 Å². The number of fused-ring (bicyclic) bond motifs is 1. The molecule has 0 amide bonds. The lowest BCUT2D eigenvalue weighted by Gasteiger charge is -2.04. The fourth-order valence-corrected chi connectivity index (χ4v) is 3.19. The Labute approximate surface area is 138 Å². The van der Waals surface area contributed by atoms with Gasteiger partial charge in [-0.1, -0.05) is 35.4 Å². The topological polar surface area (TPSA) is 87.6 Å². The highest BCUT2D eigenvalue weighted by atomic mass is 35.5. The number of nitrogens with one attached hydrogen (secondary N) is 2. The van der Waals surface area contributed by atoms with E-state index in [-0.39, 0.29) is 21.3 Å². The molecule has 0 spiro atoms. The van der Waals surface area contributed by atoms with Gasteiger partial charge in [-0.3, -0.25) is 4.79 Å². The Morgan fingerprint density at radius 1 is 1.13 bits per heavy atom. The summed E-state index contributed by atoms with van der Waals surface area (Å²) in [6, 6.07) is 11.2. The van der Waals surface area contributed by atoms with Gasteiger partial charge in [-0.25, -0.2) is 0 Å². The number of carbonyl (C=O) groups is 1. The van der Waals surface area contributed by atoms with Crippen molar-refractivity contribution in [2.24, 2.45) is 5.10 Å². The number of nitrogens with zero attached hydrogens (tertiary/aromatic N) is 1. The summed E-state index contributed by atoms with van der Waals surface area (Å²) in [7, 11) is -3.85. The minimum absolute atomic E-state index is 0.0634. The molecule has 1 heterocycles. The normalized spacial score (nSPS) is 15.4. The molecule has 2 N–H and O–H groups in total. The van der Waals surface area contributed by atoms with Gasteiger partial charge in [0.1, 0.15) is 0 Å². The van der Waals surface area contributed by atoms with Crippen molar-refractivity contribution in [1.29, 1.82) is 0 Å². The number of Topliss-reactive ketones (excluding diaryl/α,β-unsaturated/α-hetero) is 1. The Hall–Kier alpha value is -2.38. The number of carbonyl (C=O) groups excluding carboxylic acids is 1. The van der Waals surface area contributed by atoms with Crippen LogP contribution in [-0.2, 0) is 10.0 Å². The molecule has 2 aromatic carbocycles. The van der Waals surface area contributed by atoms with Crippen LogP contribution in [0.4, 0.5) is 5.69 Å². The molecule has 0 saturated heterocycles. The summed E-state index contributed by atoms with van der Waals surface area (Å²) in [6.45, 7) is 1.85. The van der Waals surface area contributed by atoms with Gasteiger partial charge in [-0.2, -0.15) is 13.2 Å². The lowest BCUT2D eigenvalue weighted by atomic mass is 10.1. The Morgan fingerprint density at radius 2 is 1.83 bits per heavy atom. The summed E-state index contributed by atoms with van der Waals surface area (Å²) in [4.78, 5) is 14.3. The van der Waals surface area contributed by atoms with E-state index in [0.717, 1.165) is 5.56 Å². The van der Waals surface area contributed by atoms with Gasteiger partial charge in [0.2, 0.25) is 5.78 Å². The first-order valence-electron chi connectivity index (χ1n) is 6.65. The van der Waals surface area contributed by atoms with Crippen molar-refractivity contribution in [2.45, 2.75) is 11.8 Å². The van der Waals surface area contributed by atoms with Crippen molar-refractivity contribution in [3.8, 4) is 0 Å². The number of hydrogen-bond acceptors (Lipinski definition) is 4. The molecular weight excluding hydrogens is 338 g/mol. The van der Waals surface area contributed by atoms with Gasteiger partial charge in [-0.05, 0) is 31.2 Å². The number of ketones is 1. The van der Waals surface area contributed by atoms with Gasteiger partial charge in [-0.15, -0.1) is 5.10 Å². The maximum Gasteiger partial charge on any atom is 0.276 e. The number of amidine groups is 1. The quantitative estimate of drug-likeness (QED) is 0.833. The van der Waals surface area contributed by atoms with Gasteiger partial charge in [0.05, 0.1) is 21.2 Å². The van der Waals surface area contributed by atoms with Crippen LogP contribution in [0.15, 0.2) is 52.5 Å². The average Bonchev–Trinajstić information content (AvgIpc) is 2.83. The van der Waals surface area contributed by atoms with Gasteiger partial charge in [0.15, 0.2) is 5.84 Å². The molecule has 3 rings (SSSR count). The highest BCUT2D eigenvalue weighted by Crippen LogP contribution is 2.29. The van der Waals surface area contributed by atoms with Crippen LogP contribution >= 0.6 is 11.6 Å². The monoisotopic (exact) mass is 349 g/mol. The standard InChI is InChI=1S/C15H12ClN3O3S/c1-9-5-7-10(8-6-9)23(21,22)19-18-15-14(20)13-11(16)3-2-4-12(13)17-15/h2-8,19H,1H3,(H,17,18,20). The molecule has 118 valence electrons. The second-order valence-corrected chi connectivity index (χ2v) is 7.05. The number of aryl methyl sites for hydroxylation is 1. The van der Waals surface area contributed by atoms with E-state index >= 15 is 0 Å². The smallest absolute Gasteiger partial charge is 0.276 e. The third kappa shape index (κ3) is 2.93. The summed E-state index contributed by atoms with van der Waals surface area (Å²) >= 11 is 5.98. The van der Waals surface area contributed by atoms with E-state index in [1.807, 2.05) is 6.92 Å². The summed E-state index contributed by atoms with van der Waals surface area (Å²) in [5.41, 5.74) is 1.71. The maximum absolute atomic E-state index is 12.2. The van der Waals surface area contributed by atoms with Crippen LogP contribution in [-0.4, -0.2) is 20.0 Å². The molecule has 0 saturated carbocycles. The average molecular weight is 350 g/mol. The zero-order valence-corrected chi connectivity index (χ0v) is 13.6. The minimum atomic E-state index is -3.85. The molecule has 0 aliphatic carbocycles. The Morgan fingerprint density at radius 3 is 2.48 bits per heavy atom. The van der Waals surface area contributed by atoms with Crippen LogP contribution < -0.4 is 10.1 Å². The van der Waals surface area contributed by atoms with Crippen molar-refractivity contribution in [3.05, 3.63) is 58.6 Å². The van der Waals surface area contributed by atoms with Crippen LogP contribution in [0.1, 0.15) is 15.9 Å². The molecule has 0 aromatic heterocycles. The van der Waals surface area contributed by atoms with E-state index in [1.54, 1.807) is 30.3 Å². The summed E-state index contributed by atoms with van der Waals surface area (Å²) in [6.07, 6.45) is 0. The molecule has 1 aliphatic rings. The molecule has 23 heavy (non-hydrogen) atoms. The van der Waals surface area contributed by atoms with Crippen LogP contribution in [0.5, 0.6) is 0 Å². The van der Waals surface area contributed by atoms with Gasteiger partial charge in [0, 0.05) is 0 Å². The Balaban J connectivity index is 1.86. The minimum Gasteiger partial charge on any atom is -0.335 e. The second kappa shape index (κ2) is 5.68. The van der Waals surface area contributed by atoms with Crippen LogP contribution in [0.3, 0.4) is 0 Å². The van der Waals surface area contributed by atoms with E-state index in [1.165, 1.54) is 12.1 Å². The number of benzene rings is 2. The Kier molecular flexibility index (Phi) is 3.83. The molecule has 0 unspecified atom stereocenters. The molecule has 2 aromatic rings. The molecule has 6 nitrogen and oxygen atoms in total. The number of hydrazone groups is 1. The number of halogens is 1.